The number of carbonyl (C=O) groups excluding carboxylic acids is 1. The van der Waals surface area contributed by atoms with Crippen LogP contribution in [0.15, 0.2) is 0 Å². The number of ether oxygens (including phenoxy) is 1. The van der Waals surface area contributed by atoms with Crippen molar-refractivity contribution in [1.82, 2.24) is 15.1 Å². The number of nitrogens with zero attached hydrogens (tertiary/aromatic N) is 2. The van der Waals surface area contributed by atoms with Crippen LogP contribution in [0.2, 0.25) is 0 Å². The lowest BCUT2D eigenvalue weighted by Crippen LogP contribution is -2.58. The van der Waals surface area contributed by atoms with Crippen molar-refractivity contribution in [2.75, 3.05) is 47.4 Å². The Morgan fingerprint density at radius 2 is 1.95 bits per heavy atom. The summed E-state index contributed by atoms with van der Waals surface area (Å²) in [6.45, 7) is 6.95. The van der Waals surface area contributed by atoms with Gasteiger partial charge in [0.05, 0.1) is 6.61 Å². The molecule has 1 N–H and O–H groups in total. The zero-order valence-electron chi connectivity index (χ0n) is 14.4. The van der Waals surface area contributed by atoms with Gasteiger partial charge in [0.15, 0.2) is 0 Å². The minimum absolute atomic E-state index is 0.134. The van der Waals surface area contributed by atoms with Crippen LogP contribution < -0.4 is 5.32 Å². The number of carbonyl (C=O) groups is 1. The van der Waals surface area contributed by atoms with E-state index in [1.165, 1.54) is 19.3 Å². The molecule has 0 aromatic heterocycles. The highest BCUT2D eigenvalue weighted by molar-refractivity contribution is 5.76. The number of esters is 1. The molecular weight excluding hydrogens is 266 g/mol. The van der Waals surface area contributed by atoms with Crippen molar-refractivity contribution in [3.05, 3.63) is 0 Å². The molecular formula is C16H33N3O2. The molecule has 0 saturated heterocycles. The van der Waals surface area contributed by atoms with Gasteiger partial charge in [-0.05, 0) is 60.3 Å². The number of hydrogen-bond acceptors (Lipinski definition) is 5. The van der Waals surface area contributed by atoms with Crippen LogP contribution in [0.3, 0.4) is 0 Å². The lowest BCUT2D eigenvalue weighted by atomic mass is 9.75. The predicted molar refractivity (Wildman–Crippen MR) is 86.5 cm³/mol. The second kappa shape index (κ2) is 8.71. The van der Waals surface area contributed by atoms with Crippen LogP contribution >= 0.6 is 0 Å². The number of rotatable bonds is 10. The maximum absolute atomic E-state index is 12.0. The van der Waals surface area contributed by atoms with Crippen LogP contribution in [0.1, 0.15) is 39.5 Å². The summed E-state index contributed by atoms with van der Waals surface area (Å²) < 4.78 is 5.18. The Bertz CT molecular complexity index is 317. The lowest BCUT2D eigenvalue weighted by molar-refractivity contribution is -0.146. The first-order valence-electron chi connectivity index (χ1n) is 8.21. The summed E-state index contributed by atoms with van der Waals surface area (Å²) in [5, 5.41) is 3.31. The van der Waals surface area contributed by atoms with E-state index in [9.17, 15) is 4.79 Å². The third-order valence-electron chi connectivity index (χ3n) is 4.50. The van der Waals surface area contributed by atoms with E-state index in [0.29, 0.717) is 18.7 Å². The Kier molecular flexibility index (Phi) is 7.63. The smallest absolute Gasteiger partial charge is 0.324 e. The average molecular weight is 299 g/mol. The minimum Gasteiger partial charge on any atom is -0.465 e. The molecule has 1 atom stereocenters. The van der Waals surface area contributed by atoms with E-state index in [0.717, 1.165) is 19.5 Å². The molecule has 0 radical (unpaired) electrons. The van der Waals surface area contributed by atoms with E-state index >= 15 is 0 Å². The third kappa shape index (κ3) is 5.24. The summed E-state index contributed by atoms with van der Waals surface area (Å²) in [7, 11) is 6.42. The first-order valence-corrected chi connectivity index (χ1v) is 8.21. The first kappa shape index (κ1) is 18.4. The van der Waals surface area contributed by atoms with Crippen molar-refractivity contribution in [2.45, 2.75) is 51.1 Å². The van der Waals surface area contributed by atoms with E-state index in [-0.39, 0.29) is 12.0 Å². The lowest BCUT2D eigenvalue weighted by Gasteiger charge is -2.49. The molecule has 1 aliphatic carbocycles. The predicted octanol–water partition coefficient (Wildman–Crippen LogP) is 1.33. The van der Waals surface area contributed by atoms with Crippen LogP contribution in [-0.2, 0) is 9.53 Å². The molecule has 0 aromatic carbocycles. The summed E-state index contributed by atoms with van der Waals surface area (Å²) >= 11 is 0. The summed E-state index contributed by atoms with van der Waals surface area (Å²) in [5.41, 5.74) is 0.290. The van der Waals surface area contributed by atoms with E-state index in [1.54, 1.807) is 0 Å². The van der Waals surface area contributed by atoms with Gasteiger partial charge in [0.1, 0.15) is 6.04 Å². The quantitative estimate of drug-likeness (QED) is 0.617. The Morgan fingerprint density at radius 3 is 2.38 bits per heavy atom. The first-order chi connectivity index (χ1) is 9.95. The molecule has 0 bridgehead atoms. The molecule has 0 amide bonds. The van der Waals surface area contributed by atoms with Crippen molar-refractivity contribution < 1.29 is 9.53 Å². The Balaban J connectivity index is 2.54. The van der Waals surface area contributed by atoms with Crippen molar-refractivity contribution in [2.24, 2.45) is 0 Å². The van der Waals surface area contributed by atoms with Crippen molar-refractivity contribution in [3.8, 4) is 0 Å². The minimum atomic E-state index is -0.228. The van der Waals surface area contributed by atoms with E-state index in [4.69, 9.17) is 4.74 Å². The normalized spacial score (nSPS) is 18.6. The molecule has 5 heteroatoms. The molecule has 1 saturated carbocycles. The summed E-state index contributed by atoms with van der Waals surface area (Å²) in [6.07, 6.45) is 4.82. The van der Waals surface area contributed by atoms with Crippen molar-refractivity contribution in [3.63, 3.8) is 0 Å². The van der Waals surface area contributed by atoms with Gasteiger partial charge in [0.25, 0.3) is 0 Å². The van der Waals surface area contributed by atoms with Gasteiger partial charge in [-0.25, -0.2) is 0 Å². The van der Waals surface area contributed by atoms with Crippen molar-refractivity contribution in [1.29, 1.82) is 0 Å². The summed E-state index contributed by atoms with van der Waals surface area (Å²) in [5.74, 6) is -0.134. The van der Waals surface area contributed by atoms with Crippen molar-refractivity contribution >= 4 is 5.97 Å². The molecule has 0 heterocycles. The molecule has 0 aromatic rings. The van der Waals surface area contributed by atoms with Gasteiger partial charge >= 0.3 is 5.97 Å². The highest BCUT2D eigenvalue weighted by atomic mass is 16.5. The maximum atomic E-state index is 12.0. The third-order valence-corrected chi connectivity index (χ3v) is 4.50. The molecule has 1 unspecified atom stereocenters. The molecule has 0 aliphatic heterocycles. The van der Waals surface area contributed by atoms with Gasteiger partial charge in [-0.1, -0.05) is 6.92 Å². The van der Waals surface area contributed by atoms with Crippen LogP contribution in [-0.4, -0.2) is 74.7 Å². The van der Waals surface area contributed by atoms with E-state index in [2.05, 4.69) is 43.2 Å². The fourth-order valence-corrected chi connectivity index (χ4v) is 2.99. The second-order valence-electron chi connectivity index (χ2n) is 6.43. The topological polar surface area (TPSA) is 44.8 Å². The largest absolute Gasteiger partial charge is 0.465 e. The monoisotopic (exact) mass is 299 g/mol. The van der Waals surface area contributed by atoms with Crippen LogP contribution in [0.25, 0.3) is 0 Å². The maximum Gasteiger partial charge on any atom is 0.324 e. The van der Waals surface area contributed by atoms with E-state index < -0.39 is 0 Å². The second-order valence-corrected chi connectivity index (χ2v) is 6.43. The number of nitrogens with one attached hydrogen (secondary N) is 1. The molecule has 1 aliphatic rings. The van der Waals surface area contributed by atoms with Gasteiger partial charge < -0.3 is 19.9 Å². The summed E-state index contributed by atoms with van der Waals surface area (Å²) in [6, 6.07) is -0.228. The number of likely N-dealkylation sites (N-methyl/N-ethyl adjacent to an activating group) is 2. The molecule has 21 heavy (non-hydrogen) atoms. The highest BCUT2D eigenvalue weighted by Crippen LogP contribution is 2.36. The highest BCUT2D eigenvalue weighted by Gasteiger charge is 2.40. The average Bonchev–Trinajstić information content (AvgIpc) is 2.38. The molecule has 1 rings (SSSR count). The zero-order chi connectivity index (χ0) is 15.9. The Morgan fingerprint density at radius 1 is 1.29 bits per heavy atom. The van der Waals surface area contributed by atoms with Gasteiger partial charge in [0, 0.05) is 18.6 Å². The SMILES string of the molecule is CCCNC(CN(C)CC1(N(C)C)CCC1)C(=O)OCC. The van der Waals surface area contributed by atoms with Gasteiger partial charge in [-0.2, -0.15) is 0 Å². The number of hydrogen-bond donors (Lipinski definition) is 1. The fourth-order valence-electron chi connectivity index (χ4n) is 2.99. The fraction of sp³-hybridized carbons (Fsp3) is 0.938. The standard InChI is InChI=1S/C16H33N3O2/c1-6-11-17-14(15(20)21-7-2)12-19(5)13-16(18(3)4)9-8-10-16/h14,17H,6-13H2,1-5H3. The van der Waals surface area contributed by atoms with Crippen LogP contribution in [0.4, 0.5) is 0 Å². The molecule has 5 nitrogen and oxygen atoms in total. The van der Waals surface area contributed by atoms with Gasteiger partial charge in [0.2, 0.25) is 0 Å². The Labute approximate surface area is 130 Å². The summed E-state index contributed by atoms with van der Waals surface area (Å²) in [4.78, 5) is 16.7. The van der Waals surface area contributed by atoms with Gasteiger partial charge in [-0.3, -0.25) is 4.79 Å². The molecule has 1 fully saturated rings. The molecule has 124 valence electrons. The van der Waals surface area contributed by atoms with Crippen LogP contribution in [0.5, 0.6) is 0 Å². The van der Waals surface area contributed by atoms with Crippen LogP contribution in [0, 0.1) is 0 Å². The van der Waals surface area contributed by atoms with E-state index in [1.807, 2.05) is 6.92 Å². The molecule has 0 spiro atoms. The zero-order valence-corrected chi connectivity index (χ0v) is 14.4. The Hall–Kier alpha value is -0.650. The van der Waals surface area contributed by atoms with Gasteiger partial charge in [-0.15, -0.1) is 0 Å².